The molecule has 0 saturated heterocycles. The minimum absolute atomic E-state index is 0.126. The second-order valence-electron chi connectivity index (χ2n) is 4.95. The van der Waals surface area contributed by atoms with Gasteiger partial charge in [0, 0.05) is 18.4 Å². The van der Waals surface area contributed by atoms with E-state index in [4.69, 9.17) is 0 Å². The topological polar surface area (TPSA) is 49.3 Å². The molecular weight excluding hydrogens is 214 g/mol. The second-order valence-corrected chi connectivity index (χ2v) is 4.95. The van der Waals surface area contributed by atoms with Crippen LogP contribution in [0, 0.1) is 5.41 Å². The molecule has 0 spiro atoms. The van der Waals surface area contributed by atoms with Gasteiger partial charge in [-0.3, -0.25) is 4.79 Å². The summed E-state index contributed by atoms with van der Waals surface area (Å²) in [5.74, 6) is 0.126. The zero-order valence-electron chi connectivity index (χ0n) is 11.7. The first-order valence-electron chi connectivity index (χ1n) is 7.01. The lowest BCUT2D eigenvalue weighted by atomic mass is 9.83. The highest BCUT2D eigenvalue weighted by molar-refractivity contribution is 5.75. The van der Waals surface area contributed by atoms with Crippen LogP contribution in [0.5, 0.6) is 0 Å². The van der Waals surface area contributed by atoms with Gasteiger partial charge in [0.05, 0.1) is 6.61 Å². The van der Waals surface area contributed by atoms with Crippen molar-refractivity contribution in [3.63, 3.8) is 0 Å². The lowest BCUT2D eigenvalue weighted by Gasteiger charge is -2.29. The van der Waals surface area contributed by atoms with Crippen LogP contribution < -0.4 is 5.32 Å². The quantitative estimate of drug-likeness (QED) is 0.580. The highest BCUT2D eigenvalue weighted by Gasteiger charge is 2.25. The minimum Gasteiger partial charge on any atom is -0.396 e. The lowest BCUT2D eigenvalue weighted by molar-refractivity contribution is -0.121. The Morgan fingerprint density at radius 3 is 2.24 bits per heavy atom. The van der Waals surface area contributed by atoms with Crippen molar-refractivity contribution in [3.8, 4) is 0 Å². The summed E-state index contributed by atoms with van der Waals surface area (Å²) in [6.07, 6.45) is 6.93. The summed E-state index contributed by atoms with van der Waals surface area (Å²) >= 11 is 0. The fraction of sp³-hybridized carbons (Fsp3) is 0.929. The van der Waals surface area contributed by atoms with Crippen molar-refractivity contribution in [2.75, 3.05) is 13.2 Å². The van der Waals surface area contributed by atoms with Crippen LogP contribution in [0.3, 0.4) is 0 Å². The van der Waals surface area contributed by atoms with Crippen LogP contribution in [0.1, 0.15) is 65.7 Å². The van der Waals surface area contributed by atoms with Crippen LogP contribution >= 0.6 is 0 Å². The number of carbonyl (C=O) groups is 1. The van der Waals surface area contributed by atoms with E-state index in [-0.39, 0.29) is 17.9 Å². The Bertz CT molecular complexity index is 192. The molecule has 0 heterocycles. The van der Waals surface area contributed by atoms with E-state index in [2.05, 4.69) is 26.1 Å². The van der Waals surface area contributed by atoms with E-state index in [1.165, 1.54) is 12.8 Å². The molecule has 0 aromatic rings. The Labute approximate surface area is 106 Å². The fourth-order valence-corrected chi connectivity index (χ4v) is 1.87. The molecular formula is C14H29NO2. The number of amides is 1. The molecule has 3 nitrogen and oxygen atoms in total. The molecule has 0 bridgehead atoms. The van der Waals surface area contributed by atoms with Gasteiger partial charge in [-0.05, 0) is 19.3 Å². The molecule has 0 fully saturated rings. The van der Waals surface area contributed by atoms with Gasteiger partial charge in [0.25, 0.3) is 0 Å². The summed E-state index contributed by atoms with van der Waals surface area (Å²) in [6, 6.07) is 0. The second kappa shape index (κ2) is 9.46. The van der Waals surface area contributed by atoms with Gasteiger partial charge in [0.2, 0.25) is 5.91 Å². The minimum atomic E-state index is -0.126. The Hall–Kier alpha value is -0.570. The third kappa shape index (κ3) is 6.67. The molecule has 0 aliphatic heterocycles. The van der Waals surface area contributed by atoms with E-state index in [0.717, 1.165) is 25.7 Å². The SMILES string of the molecule is CCCCCCC(=O)NCC(CC)(CC)CO. The van der Waals surface area contributed by atoms with Crippen LogP contribution in [-0.4, -0.2) is 24.2 Å². The molecule has 0 aromatic carbocycles. The van der Waals surface area contributed by atoms with Crippen molar-refractivity contribution in [1.29, 1.82) is 0 Å². The molecule has 17 heavy (non-hydrogen) atoms. The summed E-state index contributed by atoms with van der Waals surface area (Å²) < 4.78 is 0. The molecule has 0 aliphatic carbocycles. The highest BCUT2D eigenvalue weighted by atomic mass is 16.3. The summed E-state index contributed by atoms with van der Waals surface area (Å²) in [5.41, 5.74) is -0.126. The first-order valence-corrected chi connectivity index (χ1v) is 7.01. The van der Waals surface area contributed by atoms with Crippen LogP contribution in [0.25, 0.3) is 0 Å². The Morgan fingerprint density at radius 1 is 1.12 bits per heavy atom. The Morgan fingerprint density at radius 2 is 1.76 bits per heavy atom. The maximum atomic E-state index is 11.6. The average Bonchev–Trinajstić information content (AvgIpc) is 2.37. The highest BCUT2D eigenvalue weighted by Crippen LogP contribution is 2.24. The van der Waals surface area contributed by atoms with E-state index in [0.29, 0.717) is 13.0 Å². The molecule has 2 N–H and O–H groups in total. The van der Waals surface area contributed by atoms with Crippen molar-refractivity contribution >= 4 is 5.91 Å². The number of hydrogen-bond donors (Lipinski definition) is 2. The van der Waals surface area contributed by atoms with Gasteiger partial charge >= 0.3 is 0 Å². The molecule has 0 rings (SSSR count). The fourth-order valence-electron chi connectivity index (χ4n) is 1.87. The van der Waals surface area contributed by atoms with Gasteiger partial charge in [-0.2, -0.15) is 0 Å². The van der Waals surface area contributed by atoms with Gasteiger partial charge in [-0.15, -0.1) is 0 Å². The van der Waals surface area contributed by atoms with Crippen molar-refractivity contribution in [2.24, 2.45) is 5.41 Å². The summed E-state index contributed by atoms with van der Waals surface area (Å²) in [4.78, 5) is 11.6. The van der Waals surface area contributed by atoms with E-state index in [1.807, 2.05) is 0 Å². The number of nitrogens with one attached hydrogen (secondary N) is 1. The van der Waals surface area contributed by atoms with Crippen molar-refractivity contribution < 1.29 is 9.90 Å². The number of aliphatic hydroxyl groups is 1. The van der Waals surface area contributed by atoms with Crippen molar-refractivity contribution in [1.82, 2.24) is 5.32 Å². The molecule has 3 heteroatoms. The van der Waals surface area contributed by atoms with E-state index in [1.54, 1.807) is 0 Å². The predicted molar refractivity (Wildman–Crippen MR) is 71.9 cm³/mol. The maximum Gasteiger partial charge on any atom is 0.220 e. The van der Waals surface area contributed by atoms with Crippen LogP contribution in [0.2, 0.25) is 0 Å². The van der Waals surface area contributed by atoms with E-state index < -0.39 is 0 Å². The molecule has 0 aliphatic rings. The first kappa shape index (κ1) is 16.4. The zero-order valence-corrected chi connectivity index (χ0v) is 11.7. The molecule has 0 atom stereocenters. The monoisotopic (exact) mass is 243 g/mol. The largest absolute Gasteiger partial charge is 0.396 e. The number of aliphatic hydroxyl groups excluding tert-OH is 1. The number of hydrogen-bond acceptors (Lipinski definition) is 2. The Balaban J connectivity index is 3.81. The van der Waals surface area contributed by atoms with E-state index in [9.17, 15) is 9.90 Å². The molecule has 0 saturated carbocycles. The van der Waals surface area contributed by atoms with Crippen LogP contribution in [0.4, 0.5) is 0 Å². The van der Waals surface area contributed by atoms with Crippen molar-refractivity contribution in [3.05, 3.63) is 0 Å². The van der Waals surface area contributed by atoms with Gasteiger partial charge < -0.3 is 10.4 Å². The lowest BCUT2D eigenvalue weighted by Crippen LogP contribution is -2.39. The summed E-state index contributed by atoms with van der Waals surface area (Å²) in [6.45, 7) is 7.04. The van der Waals surface area contributed by atoms with Gasteiger partial charge in [0.1, 0.15) is 0 Å². The van der Waals surface area contributed by atoms with Gasteiger partial charge in [-0.1, -0.05) is 40.0 Å². The maximum absolute atomic E-state index is 11.6. The number of rotatable bonds is 10. The normalized spacial score (nSPS) is 11.5. The third-order valence-electron chi connectivity index (χ3n) is 3.75. The molecule has 1 amide bonds. The molecule has 0 aromatic heterocycles. The molecule has 0 radical (unpaired) electrons. The first-order chi connectivity index (χ1) is 8.14. The van der Waals surface area contributed by atoms with Crippen molar-refractivity contribution in [2.45, 2.75) is 65.7 Å². The zero-order chi connectivity index (χ0) is 13.1. The van der Waals surface area contributed by atoms with Gasteiger partial charge in [0.15, 0.2) is 0 Å². The summed E-state index contributed by atoms with van der Waals surface area (Å²) in [5, 5.41) is 12.3. The van der Waals surface area contributed by atoms with Gasteiger partial charge in [-0.25, -0.2) is 0 Å². The Kier molecular flexibility index (Phi) is 9.14. The smallest absolute Gasteiger partial charge is 0.220 e. The van der Waals surface area contributed by atoms with Crippen LogP contribution in [0.15, 0.2) is 0 Å². The molecule has 102 valence electrons. The average molecular weight is 243 g/mol. The standard InChI is InChI=1S/C14H29NO2/c1-4-7-8-9-10-13(17)15-11-14(5-2,6-3)12-16/h16H,4-12H2,1-3H3,(H,15,17). The van der Waals surface area contributed by atoms with Crippen LogP contribution in [-0.2, 0) is 4.79 Å². The number of unbranched alkanes of at least 4 members (excludes halogenated alkanes) is 3. The third-order valence-corrected chi connectivity index (χ3v) is 3.75. The predicted octanol–water partition coefficient (Wildman–Crippen LogP) is 2.87. The molecule has 0 unspecified atom stereocenters. The summed E-state index contributed by atoms with van der Waals surface area (Å²) in [7, 11) is 0. The van der Waals surface area contributed by atoms with E-state index >= 15 is 0 Å². The number of carbonyl (C=O) groups excluding carboxylic acids is 1.